The van der Waals surface area contributed by atoms with Gasteiger partial charge >= 0.3 is 11.9 Å². The number of carbonyl (C=O) groups excluding carboxylic acids is 3. The maximum Gasteiger partial charge on any atom is 0.306 e. The molecule has 0 spiro atoms. The molecule has 0 radical (unpaired) electrons. The van der Waals surface area contributed by atoms with Crippen molar-refractivity contribution in [2.45, 2.75) is 167 Å². The zero-order chi connectivity index (χ0) is 44.9. The normalized spacial score (nSPS) is 13.9. The molecule has 2 atom stereocenters. The summed E-state index contributed by atoms with van der Waals surface area (Å²) in [5.41, 5.74) is 0. The molecule has 8 heteroatoms. The maximum atomic E-state index is 12.7. The summed E-state index contributed by atoms with van der Waals surface area (Å²) in [5, 5.41) is 11.6. The fraction of sp³-hybridized carbons (Fsp3) is 0.604. The molecule has 0 aliphatic rings. The molecule has 2 unspecified atom stereocenters. The second kappa shape index (κ2) is 42.7. The van der Waals surface area contributed by atoms with Gasteiger partial charge in [-0.15, -0.1) is 0 Å². The van der Waals surface area contributed by atoms with Gasteiger partial charge in [0.1, 0.15) is 12.6 Å². The van der Waals surface area contributed by atoms with Crippen molar-refractivity contribution in [3.05, 3.63) is 109 Å². The molecule has 0 fully saturated rings. The van der Waals surface area contributed by atoms with E-state index in [1.54, 1.807) is 21.1 Å². The molecule has 0 aromatic heterocycles. The van der Waals surface area contributed by atoms with Crippen LogP contribution in [0.2, 0.25) is 0 Å². The summed E-state index contributed by atoms with van der Waals surface area (Å²) in [5.74, 6) is -1.80. The Kier molecular flexibility index (Phi) is 39.9. The van der Waals surface area contributed by atoms with Crippen LogP contribution >= 0.6 is 0 Å². The predicted octanol–water partition coefficient (Wildman–Crippen LogP) is 11.9. The van der Waals surface area contributed by atoms with Gasteiger partial charge in [-0.3, -0.25) is 9.59 Å². The molecule has 0 heterocycles. The smallest absolute Gasteiger partial charge is 0.306 e. The topological polar surface area (TPSA) is 102 Å². The molecule has 0 saturated heterocycles. The van der Waals surface area contributed by atoms with Crippen molar-refractivity contribution in [2.75, 3.05) is 41.0 Å². The molecule has 0 aliphatic heterocycles. The fourth-order valence-electron chi connectivity index (χ4n) is 6.15. The largest absolute Gasteiger partial charge is 0.544 e. The molecular formula is C53H85NO7. The van der Waals surface area contributed by atoms with Crippen LogP contribution in [-0.2, 0) is 28.6 Å². The Morgan fingerprint density at radius 2 is 0.984 bits per heavy atom. The second-order valence-corrected chi connectivity index (χ2v) is 16.4. The van der Waals surface area contributed by atoms with Crippen LogP contribution < -0.4 is 5.11 Å². The highest BCUT2D eigenvalue weighted by atomic mass is 16.6. The lowest BCUT2D eigenvalue weighted by atomic mass is 10.1. The summed E-state index contributed by atoms with van der Waals surface area (Å²) in [6.45, 7) is 4.40. The number of allylic oxidation sites excluding steroid dienone is 18. The number of nitrogens with zero attached hydrogens (tertiary/aromatic N) is 1. The Bertz CT molecular complexity index is 1360. The van der Waals surface area contributed by atoms with Crippen LogP contribution in [0.1, 0.15) is 155 Å². The van der Waals surface area contributed by atoms with Crippen molar-refractivity contribution < 1.29 is 38.2 Å². The van der Waals surface area contributed by atoms with Crippen molar-refractivity contribution in [3.8, 4) is 0 Å². The Hall–Kier alpha value is -4.01. The standard InChI is InChI=1S/C53H85NO7/c1-6-8-10-12-14-16-18-20-22-24-26-28-29-31-33-35-37-39-41-43-51(55)60-48-49(47-59-46-45-50(53(57)58)54(3,4)5)61-52(56)44-42-40-38-36-34-32-30-27-25-23-21-19-17-15-13-11-9-7-2/h8,10-11,13-17,19-23,25-28,30,49-50H,6-7,9,12,18,24,29,31-48H2,1-5H3/b10-8+,13-11+,16-14+,17-15+,21-19+,22-20+,25-23+,28-26+,30-27+. The van der Waals surface area contributed by atoms with Crippen LogP contribution in [0.5, 0.6) is 0 Å². The molecule has 0 aliphatic carbocycles. The van der Waals surface area contributed by atoms with Crippen molar-refractivity contribution in [1.82, 2.24) is 0 Å². The van der Waals surface area contributed by atoms with Crippen LogP contribution in [0.25, 0.3) is 0 Å². The van der Waals surface area contributed by atoms with Gasteiger partial charge in [-0.1, -0.05) is 175 Å². The van der Waals surface area contributed by atoms with Crippen LogP contribution in [-0.4, -0.2) is 75.5 Å². The fourth-order valence-corrected chi connectivity index (χ4v) is 6.15. The molecule has 0 rings (SSSR count). The van der Waals surface area contributed by atoms with E-state index in [0.29, 0.717) is 6.42 Å². The molecule has 61 heavy (non-hydrogen) atoms. The summed E-state index contributed by atoms with van der Waals surface area (Å²) >= 11 is 0. The highest BCUT2D eigenvalue weighted by Gasteiger charge is 2.25. The van der Waals surface area contributed by atoms with Gasteiger partial charge in [0.25, 0.3) is 0 Å². The molecule has 8 nitrogen and oxygen atoms in total. The molecule has 0 aromatic carbocycles. The minimum Gasteiger partial charge on any atom is -0.544 e. The van der Waals surface area contributed by atoms with Gasteiger partial charge in [-0.05, 0) is 70.6 Å². The number of aliphatic carboxylic acids is 1. The average molecular weight is 848 g/mol. The molecule has 0 amide bonds. The number of carboxylic acids is 1. The molecule has 0 aromatic rings. The first-order valence-corrected chi connectivity index (χ1v) is 23.5. The number of hydrogen-bond acceptors (Lipinski definition) is 7. The lowest BCUT2D eigenvalue weighted by Crippen LogP contribution is -2.55. The van der Waals surface area contributed by atoms with Crippen LogP contribution in [0.4, 0.5) is 0 Å². The van der Waals surface area contributed by atoms with E-state index in [4.69, 9.17) is 14.2 Å². The Morgan fingerprint density at radius 1 is 0.525 bits per heavy atom. The number of rotatable bonds is 40. The van der Waals surface area contributed by atoms with E-state index in [2.05, 4.69) is 86.8 Å². The van der Waals surface area contributed by atoms with Gasteiger partial charge in [0.05, 0.1) is 40.3 Å². The summed E-state index contributed by atoms with van der Waals surface area (Å²) in [6.07, 6.45) is 58.2. The van der Waals surface area contributed by atoms with E-state index in [9.17, 15) is 19.5 Å². The minimum absolute atomic E-state index is 0.0175. The summed E-state index contributed by atoms with van der Waals surface area (Å²) in [7, 11) is 5.38. The van der Waals surface area contributed by atoms with E-state index < -0.39 is 18.1 Å². The lowest BCUT2D eigenvalue weighted by molar-refractivity contribution is -0.889. The molecular weight excluding hydrogens is 763 g/mol. The van der Waals surface area contributed by atoms with E-state index in [-0.39, 0.29) is 49.1 Å². The first kappa shape index (κ1) is 57.0. The number of ether oxygens (including phenoxy) is 3. The molecule has 0 N–H and O–H groups in total. The monoisotopic (exact) mass is 848 g/mol. The van der Waals surface area contributed by atoms with Crippen LogP contribution in [0.3, 0.4) is 0 Å². The van der Waals surface area contributed by atoms with Gasteiger partial charge in [-0.25, -0.2) is 0 Å². The van der Waals surface area contributed by atoms with Gasteiger partial charge < -0.3 is 28.6 Å². The van der Waals surface area contributed by atoms with E-state index in [1.807, 2.05) is 36.5 Å². The third kappa shape index (κ3) is 41.1. The van der Waals surface area contributed by atoms with Gasteiger partial charge in [0.15, 0.2) is 6.10 Å². The second-order valence-electron chi connectivity index (χ2n) is 16.4. The zero-order valence-electron chi connectivity index (χ0n) is 39.0. The summed E-state index contributed by atoms with van der Waals surface area (Å²) < 4.78 is 17.2. The van der Waals surface area contributed by atoms with Crippen LogP contribution in [0, 0.1) is 0 Å². The zero-order valence-corrected chi connectivity index (χ0v) is 39.0. The highest BCUT2D eigenvalue weighted by Crippen LogP contribution is 2.13. The quantitative estimate of drug-likeness (QED) is 0.0199. The Labute approximate surface area is 372 Å². The molecule has 344 valence electrons. The van der Waals surface area contributed by atoms with Gasteiger partial charge in [0, 0.05) is 19.3 Å². The van der Waals surface area contributed by atoms with Crippen molar-refractivity contribution in [3.63, 3.8) is 0 Å². The first-order chi connectivity index (χ1) is 29.6. The summed E-state index contributed by atoms with van der Waals surface area (Å²) in [4.78, 5) is 37.0. The molecule has 0 bridgehead atoms. The van der Waals surface area contributed by atoms with E-state index >= 15 is 0 Å². The Morgan fingerprint density at radius 3 is 1.51 bits per heavy atom. The van der Waals surface area contributed by atoms with Gasteiger partial charge in [-0.2, -0.15) is 0 Å². The number of unbranched alkanes of at least 4 members (excludes halogenated alkanes) is 12. The van der Waals surface area contributed by atoms with E-state index in [1.165, 1.54) is 19.3 Å². The van der Waals surface area contributed by atoms with Gasteiger partial charge in [0.2, 0.25) is 0 Å². The molecule has 0 saturated carbocycles. The number of carboxylic acid groups (broad SMARTS) is 1. The highest BCUT2D eigenvalue weighted by molar-refractivity contribution is 5.70. The first-order valence-electron chi connectivity index (χ1n) is 23.5. The number of hydrogen-bond donors (Lipinski definition) is 0. The number of quaternary nitrogens is 1. The minimum atomic E-state index is -1.14. The number of likely N-dealkylation sites (N-methyl/N-ethyl adjacent to an activating group) is 1. The third-order valence-electron chi connectivity index (χ3n) is 9.75. The number of carbonyl (C=O) groups is 3. The number of esters is 2. The van der Waals surface area contributed by atoms with Crippen molar-refractivity contribution >= 4 is 17.9 Å². The average Bonchev–Trinajstić information content (AvgIpc) is 3.22. The van der Waals surface area contributed by atoms with Crippen molar-refractivity contribution in [2.24, 2.45) is 0 Å². The Balaban J connectivity index is 4.42. The van der Waals surface area contributed by atoms with Crippen LogP contribution in [0.15, 0.2) is 109 Å². The SMILES string of the molecule is CC/C=C/C/C=C/C/C=C/C/C=C/CCCCCCCCC(=O)OCC(COCCC(C(=O)[O-])[N+](C)(C)C)OC(=O)CCCCCCC/C=C/C=C/C=C/C=C/C=C/CCC. The van der Waals surface area contributed by atoms with Crippen molar-refractivity contribution in [1.29, 1.82) is 0 Å². The third-order valence-corrected chi connectivity index (χ3v) is 9.75. The maximum absolute atomic E-state index is 12.7. The van der Waals surface area contributed by atoms with E-state index in [0.717, 1.165) is 103 Å². The predicted molar refractivity (Wildman–Crippen MR) is 254 cm³/mol. The summed E-state index contributed by atoms with van der Waals surface area (Å²) in [6, 6.07) is -0.741. The lowest BCUT2D eigenvalue weighted by Gasteiger charge is -2.34.